The third-order valence-electron chi connectivity index (χ3n) is 6.65. The van der Waals surface area contributed by atoms with E-state index in [-0.39, 0.29) is 6.10 Å². The summed E-state index contributed by atoms with van der Waals surface area (Å²) < 4.78 is 12.1. The van der Waals surface area contributed by atoms with Crippen LogP contribution in [0.4, 0.5) is 0 Å². The van der Waals surface area contributed by atoms with Gasteiger partial charge in [-0.3, -0.25) is 4.99 Å². The van der Waals surface area contributed by atoms with Crippen molar-refractivity contribution < 1.29 is 9.47 Å². The minimum Gasteiger partial charge on any atom is -0.497 e. The first-order valence-electron chi connectivity index (χ1n) is 11.8. The van der Waals surface area contributed by atoms with Gasteiger partial charge in [-0.05, 0) is 68.1 Å². The summed E-state index contributed by atoms with van der Waals surface area (Å²) >= 11 is 0. The minimum absolute atomic E-state index is 0.130. The van der Waals surface area contributed by atoms with E-state index < -0.39 is 0 Å². The van der Waals surface area contributed by atoms with Crippen molar-refractivity contribution >= 4 is 6.21 Å². The number of methoxy groups -OCH3 is 1. The Labute approximate surface area is 188 Å². The Morgan fingerprint density at radius 3 is 2.32 bits per heavy atom. The van der Waals surface area contributed by atoms with Crippen molar-refractivity contribution in [1.29, 1.82) is 0 Å². The summed E-state index contributed by atoms with van der Waals surface area (Å²) in [7, 11) is 1.72. The standard InChI is InChI=1S/C28H39NO2/c1-7-20(2)31-27-22(19-29-24-15-13-23(14-16-24)28(3,4)5)17-25(30-6)18-26(27)21-11-9-8-10-12-21/h8-12,17-20,23-24H,7,13-16H2,1-6H3. The van der Waals surface area contributed by atoms with E-state index >= 15 is 0 Å². The minimum atomic E-state index is 0.130. The second-order valence-corrected chi connectivity index (χ2v) is 9.95. The molecule has 0 heterocycles. The van der Waals surface area contributed by atoms with E-state index in [0.717, 1.165) is 53.4 Å². The van der Waals surface area contributed by atoms with Crippen molar-refractivity contribution in [2.24, 2.45) is 16.3 Å². The summed E-state index contributed by atoms with van der Waals surface area (Å²) in [6.45, 7) is 11.4. The molecule has 3 rings (SSSR count). The Hall–Kier alpha value is -2.29. The lowest BCUT2D eigenvalue weighted by atomic mass is 9.71. The van der Waals surface area contributed by atoms with Crippen LogP contribution in [0.15, 0.2) is 47.5 Å². The van der Waals surface area contributed by atoms with Gasteiger partial charge in [0.2, 0.25) is 0 Å². The summed E-state index contributed by atoms with van der Waals surface area (Å²) in [5.41, 5.74) is 3.57. The van der Waals surface area contributed by atoms with Crippen molar-refractivity contribution in [2.75, 3.05) is 7.11 Å². The molecule has 0 aliphatic heterocycles. The zero-order valence-electron chi connectivity index (χ0n) is 20.2. The van der Waals surface area contributed by atoms with Crippen molar-refractivity contribution in [3.63, 3.8) is 0 Å². The van der Waals surface area contributed by atoms with Crippen LogP contribution < -0.4 is 9.47 Å². The number of rotatable bonds is 7. The molecule has 1 unspecified atom stereocenters. The highest BCUT2D eigenvalue weighted by molar-refractivity contribution is 5.90. The Balaban J connectivity index is 1.92. The lowest BCUT2D eigenvalue weighted by molar-refractivity contribution is 0.170. The molecule has 0 spiro atoms. The molecule has 2 aromatic rings. The van der Waals surface area contributed by atoms with Crippen LogP contribution in [-0.4, -0.2) is 25.5 Å². The molecule has 0 amide bonds. The lowest BCUT2D eigenvalue weighted by Gasteiger charge is -2.35. The molecule has 1 aliphatic rings. The number of hydrogen-bond donors (Lipinski definition) is 0. The van der Waals surface area contributed by atoms with Gasteiger partial charge in [-0.2, -0.15) is 0 Å². The molecule has 168 valence electrons. The van der Waals surface area contributed by atoms with Crippen LogP contribution in [0.1, 0.15) is 72.3 Å². The SMILES string of the molecule is CCC(C)Oc1c(C=NC2CCC(C(C)(C)C)CC2)cc(OC)cc1-c1ccccc1. The molecular formula is C28H39NO2. The molecule has 3 heteroatoms. The normalized spacial score (nSPS) is 20.6. The molecular weight excluding hydrogens is 382 g/mol. The first kappa shape index (κ1) is 23.4. The van der Waals surface area contributed by atoms with Gasteiger partial charge < -0.3 is 9.47 Å². The molecule has 31 heavy (non-hydrogen) atoms. The monoisotopic (exact) mass is 421 g/mol. The van der Waals surface area contributed by atoms with Gasteiger partial charge in [-0.25, -0.2) is 0 Å². The van der Waals surface area contributed by atoms with Crippen LogP contribution in [0.5, 0.6) is 11.5 Å². The molecule has 1 saturated carbocycles. The Morgan fingerprint density at radius 2 is 1.74 bits per heavy atom. The third kappa shape index (κ3) is 6.12. The fourth-order valence-electron chi connectivity index (χ4n) is 4.36. The van der Waals surface area contributed by atoms with Crippen molar-refractivity contribution in [1.82, 2.24) is 0 Å². The highest BCUT2D eigenvalue weighted by Gasteiger charge is 2.29. The van der Waals surface area contributed by atoms with Gasteiger partial charge in [-0.1, -0.05) is 58.0 Å². The van der Waals surface area contributed by atoms with Crippen LogP contribution in [0.3, 0.4) is 0 Å². The highest BCUT2D eigenvalue weighted by atomic mass is 16.5. The molecule has 1 fully saturated rings. The molecule has 0 saturated heterocycles. The summed E-state index contributed by atoms with van der Waals surface area (Å²) in [4.78, 5) is 5.01. The van der Waals surface area contributed by atoms with E-state index in [0.29, 0.717) is 11.5 Å². The lowest BCUT2D eigenvalue weighted by Crippen LogP contribution is -2.27. The number of benzene rings is 2. The van der Waals surface area contributed by atoms with Gasteiger partial charge in [0.05, 0.1) is 13.2 Å². The zero-order valence-corrected chi connectivity index (χ0v) is 20.2. The van der Waals surface area contributed by atoms with Gasteiger partial charge >= 0.3 is 0 Å². The maximum Gasteiger partial charge on any atom is 0.136 e. The average molecular weight is 422 g/mol. The van der Waals surface area contributed by atoms with Crippen molar-refractivity contribution in [2.45, 2.75) is 78.9 Å². The fourth-order valence-corrected chi connectivity index (χ4v) is 4.36. The predicted octanol–water partition coefficient (Wildman–Crippen LogP) is 7.56. The first-order chi connectivity index (χ1) is 14.8. The summed E-state index contributed by atoms with van der Waals surface area (Å²) in [6, 6.07) is 14.9. The Bertz CT molecular complexity index is 859. The third-order valence-corrected chi connectivity index (χ3v) is 6.65. The quantitative estimate of drug-likeness (QED) is 0.432. The molecule has 0 bridgehead atoms. The van der Waals surface area contributed by atoms with Gasteiger partial charge in [0.25, 0.3) is 0 Å². The van der Waals surface area contributed by atoms with Gasteiger partial charge in [0, 0.05) is 23.4 Å². The maximum absolute atomic E-state index is 6.43. The molecule has 0 N–H and O–H groups in total. The van der Waals surface area contributed by atoms with Crippen LogP contribution in [0.25, 0.3) is 11.1 Å². The largest absolute Gasteiger partial charge is 0.497 e. The Kier molecular flexibility index (Phi) is 7.80. The molecule has 1 atom stereocenters. The Morgan fingerprint density at radius 1 is 1.06 bits per heavy atom. The van der Waals surface area contributed by atoms with Crippen LogP contribution in [0, 0.1) is 11.3 Å². The zero-order chi connectivity index (χ0) is 22.4. The number of hydrogen-bond acceptors (Lipinski definition) is 3. The smallest absolute Gasteiger partial charge is 0.136 e. The summed E-state index contributed by atoms with van der Waals surface area (Å²) in [5.74, 6) is 2.52. The predicted molar refractivity (Wildman–Crippen MR) is 132 cm³/mol. The average Bonchev–Trinajstić information content (AvgIpc) is 2.78. The number of aliphatic imine (C=N–C) groups is 1. The number of nitrogens with zero attached hydrogens (tertiary/aromatic N) is 1. The van der Waals surface area contributed by atoms with Crippen LogP contribution >= 0.6 is 0 Å². The molecule has 0 radical (unpaired) electrons. The van der Waals surface area contributed by atoms with E-state index in [9.17, 15) is 0 Å². The molecule has 2 aromatic carbocycles. The van der Waals surface area contributed by atoms with Crippen molar-refractivity contribution in [3.8, 4) is 22.6 Å². The van der Waals surface area contributed by atoms with E-state index in [4.69, 9.17) is 14.5 Å². The number of ether oxygens (including phenoxy) is 2. The van der Waals surface area contributed by atoms with E-state index in [1.807, 2.05) is 12.3 Å². The summed E-state index contributed by atoms with van der Waals surface area (Å²) in [5, 5.41) is 0. The highest BCUT2D eigenvalue weighted by Crippen LogP contribution is 2.40. The molecule has 0 aromatic heterocycles. The topological polar surface area (TPSA) is 30.8 Å². The van der Waals surface area contributed by atoms with Crippen molar-refractivity contribution in [3.05, 3.63) is 48.0 Å². The van der Waals surface area contributed by atoms with Gasteiger partial charge in [-0.15, -0.1) is 0 Å². The summed E-state index contributed by atoms with van der Waals surface area (Å²) in [6.07, 6.45) is 7.95. The second kappa shape index (κ2) is 10.3. The van der Waals surface area contributed by atoms with Crippen LogP contribution in [0.2, 0.25) is 0 Å². The van der Waals surface area contributed by atoms with Gasteiger partial charge in [0.15, 0.2) is 0 Å². The molecule has 1 aliphatic carbocycles. The fraction of sp³-hybridized carbons (Fsp3) is 0.536. The van der Waals surface area contributed by atoms with Crippen LogP contribution in [-0.2, 0) is 0 Å². The van der Waals surface area contributed by atoms with E-state index in [2.05, 4.69) is 71.0 Å². The second-order valence-electron chi connectivity index (χ2n) is 9.95. The van der Waals surface area contributed by atoms with E-state index in [1.165, 1.54) is 12.8 Å². The first-order valence-corrected chi connectivity index (χ1v) is 11.8. The van der Waals surface area contributed by atoms with Gasteiger partial charge in [0.1, 0.15) is 11.5 Å². The maximum atomic E-state index is 6.43. The van der Waals surface area contributed by atoms with E-state index in [1.54, 1.807) is 7.11 Å². The molecule has 3 nitrogen and oxygen atoms in total.